The third-order valence-electron chi connectivity index (χ3n) is 3.39. The average Bonchev–Trinajstić information content (AvgIpc) is 2.16. The first-order valence-corrected chi connectivity index (χ1v) is 7.40. The van der Waals surface area contributed by atoms with Crippen molar-refractivity contribution in [2.24, 2.45) is 11.1 Å². The summed E-state index contributed by atoms with van der Waals surface area (Å²) in [6, 6.07) is 0. The van der Waals surface area contributed by atoms with Gasteiger partial charge in [-0.2, -0.15) is 11.8 Å². The van der Waals surface area contributed by atoms with Crippen molar-refractivity contribution < 1.29 is 0 Å². The molecule has 0 amide bonds. The largest absolute Gasteiger partial charge is 0.330 e. The highest BCUT2D eigenvalue weighted by Gasteiger charge is 2.26. The van der Waals surface area contributed by atoms with Crippen molar-refractivity contribution in [3.63, 3.8) is 0 Å². The molecule has 0 saturated carbocycles. The predicted molar refractivity (Wildman–Crippen MR) is 75.0 cm³/mol. The number of rotatable bonds is 5. The van der Waals surface area contributed by atoms with Crippen molar-refractivity contribution in [1.29, 1.82) is 0 Å². The van der Waals surface area contributed by atoms with E-state index < -0.39 is 0 Å². The summed E-state index contributed by atoms with van der Waals surface area (Å²) in [6.07, 6.45) is 2.53. The van der Waals surface area contributed by atoms with Crippen LogP contribution in [0.4, 0.5) is 0 Å². The summed E-state index contributed by atoms with van der Waals surface area (Å²) in [7, 11) is 0. The second-order valence-electron chi connectivity index (χ2n) is 6.36. The maximum absolute atomic E-state index is 5.75. The first-order valence-electron chi connectivity index (χ1n) is 6.41. The molecular weight excluding hydrogens is 216 g/mol. The lowest BCUT2D eigenvalue weighted by Crippen LogP contribution is -2.43. The van der Waals surface area contributed by atoms with Crippen LogP contribution >= 0.6 is 11.8 Å². The number of thioether (sulfide) groups is 1. The molecule has 16 heavy (non-hydrogen) atoms. The SMILES string of the molecule is CC(C)(CN)CCCN1CCSC(C)(C)C1. The van der Waals surface area contributed by atoms with Crippen LogP contribution in [-0.2, 0) is 0 Å². The highest BCUT2D eigenvalue weighted by molar-refractivity contribution is 8.00. The predicted octanol–water partition coefficient (Wildman–Crippen LogP) is 2.58. The van der Waals surface area contributed by atoms with Gasteiger partial charge >= 0.3 is 0 Å². The zero-order valence-electron chi connectivity index (χ0n) is 11.4. The average molecular weight is 244 g/mol. The van der Waals surface area contributed by atoms with Crippen LogP contribution in [-0.4, -0.2) is 41.6 Å². The molecule has 1 rings (SSSR count). The lowest BCUT2D eigenvalue weighted by atomic mass is 9.88. The van der Waals surface area contributed by atoms with Gasteiger partial charge in [-0.1, -0.05) is 13.8 Å². The Balaban J connectivity index is 2.23. The minimum Gasteiger partial charge on any atom is -0.330 e. The molecule has 1 aliphatic heterocycles. The molecule has 0 aromatic carbocycles. The molecule has 1 saturated heterocycles. The molecule has 1 heterocycles. The molecule has 1 fully saturated rings. The van der Waals surface area contributed by atoms with Crippen LogP contribution in [0.15, 0.2) is 0 Å². The molecule has 0 bridgehead atoms. The first-order chi connectivity index (χ1) is 7.35. The molecule has 0 radical (unpaired) electrons. The van der Waals surface area contributed by atoms with Crippen molar-refractivity contribution in [1.82, 2.24) is 4.90 Å². The third-order valence-corrected chi connectivity index (χ3v) is 4.68. The zero-order valence-corrected chi connectivity index (χ0v) is 12.2. The number of nitrogens with two attached hydrogens (primary N) is 1. The summed E-state index contributed by atoms with van der Waals surface area (Å²) < 4.78 is 0.446. The van der Waals surface area contributed by atoms with Crippen molar-refractivity contribution in [2.45, 2.75) is 45.3 Å². The molecular formula is C13H28N2S. The molecule has 0 aromatic rings. The summed E-state index contributed by atoms with van der Waals surface area (Å²) in [5, 5.41) is 0. The summed E-state index contributed by atoms with van der Waals surface area (Å²) >= 11 is 2.11. The third kappa shape index (κ3) is 5.07. The molecule has 0 atom stereocenters. The highest BCUT2D eigenvalue weighted by Crippen LogP contribution is 2.30. The van der Waals surface area contributed by atoms with Crippen molar-refractivity contribution in [3.8, 4) is 0 Å². The Morgan fingerprint density at radius 2 is 2.06 bits per heavy atom. The monoisotopic (exact) mass is 244 g/mol. The fourth-order valence-electron chi connectivity index (χ4n) is 2.19. The van der Waals surface area contributed by atoms with Gasteiger partial charge in [0.25, 0.3) is 0 Å². The van der Waals surface area contributed by atoms with Gasteiger partial charge in [-0.3, -0.25) is 0 Å². The molecule has 1 aliphatic rings. The van der Waals surface area contributed by atoms with Crippen LogP contribution < -0.4 is 5.73 Å². The van der Waals surface area contributed by atoms with Crippen molar-refractivity contribution >= 4 is 11.8 Å². The molecule has 96 valence electrons. The van der Waals surface area contributed by atoms with Gasteiger partial charge in [0.2, 0.25) is 0 Å². The Morgan fingerprint density at radius 1 is 1.38 bits per heavy atom. The lowest BCUT2D eigenvalue weighted by Gasteiger charge is -2.38. The van der Waals surface area contributed by atoms with Crippen LogP contribution in [0.25, 0.3) is 0 Å². The number of hydrogen-bond donors (Lipinski definition) is 1. The smallest absolute Gasteiger partial charge is 0.0231 e. The lowest BCUT2D eigenvalue weighted by molar-refractivity contribution is 0.234. The van der Waals surface area contributed by atoms with E-state index in [2.05, 4.69) is 44.4 Å². The van der Waals surface area contributed by atoms with Gasteiger partial charge in [0, 0.05) is 23.6 Å². The molecule has 3 heteroatoms. The van der Waals surface area contributed by atoms with Crippen LogP contribution in [0, 0.1) is 5.41 Å². The Hall–Kier alpha value is 0.270. The minimum absolute atomic E-state index is 0.319. The van der Waals surface area contributed by atoms with Crippen molar-refractivity contribution in [2.75, 3.05) is 31.9 Å². The molecule has 0 aliphatic carbocycles. The maximum Gasteiger partial charge on any atom is 0.0231 e. The van der Waals surface area contributed by atoms with E-state index in [0.29, 0.717) is 10.2 Å². The second kappa shape index (κ2) is 5.74. The topological polar surface area (TPSA) is 29.3 Å². The Morgan fingerprint density at radius 3 is 2.62 bits per heavy atom. The Bertz CT molecular complexity index is 214. The van der Waals surface area contributed by atoms with E-state index in [-0.39, 0.29) is 0 Å². The van der Waals surface area contributed by atoms with E-state index in [4.69, 9.17) is 5.73 Å². The van der Waals surface area contributed by atoms with Gasteiger partial charge in [-0.05, 0) is 45.2 Å². The number of nitrogens with zero attached hydrogens (tertiary/aromatic N) is 1. The zero-order chi connectivity index (χ0) is 12.2. The molecule has 0 aromatic heterocycles. The van der Waals surface area contributed by atoms with Crippen LogP contribution in [0.1, 0.15) is 40.5 Å². The fourth-order valence-corrected chi connectivity index (χ4v) is 3.36. The first kappa shape index (κ1) is 14.3. The summed E-state index contributed by atoms with van der Waals surface area (Å²) in [5.74, 6) is 1.29. The number of hydrogen-bond acceptors (Lipinski definition) is 3. The summed E-state index contributed by atoms with van der Waals surface area (Å²) in [4.78, 5) is 2.61. The molecule has 2 N–H and O–H groups in total. The molecule has 2 nitrogen and oxygen atoms in total. The van der Waals surface area contributed by atoms with Gasteiger partial charge in [0.15, 0.2) is 0 Å². The molecule has 0 spiro atoms. The minimum atomic E-state index is 0.319. The second-order valence-corrected chi connectivity index (χ2v) is 8.16. The van der Waals surface area contributed by atoms with Crippen LogP contribution in [0.2, 0.25) is 0 Å². The van der Waals surface area contributed by atoms with Crippen molar-refractivity contribution in [3.05, 3.63) is 0 Å². The Labute approximate surface area is 105 Å². The van der Waals surface area contributed by atoms with E-state index in [0.717, 1.165) is 6.54 Å². The maximum atomic E-state index is 5.75. The summed E-state index contributed by atoms with van der Waals surface area (Å²) in [6.45, 7) is 13.8. The Kier molecular flexibility index (Phi) is 5.14. The molecule has 0 unspecified atom stereocenters. The normalized spacial score (nSPS) is 22.3. The van der Waals surface area contributed by atoms with Crippen LogP contribution in [0.5, 0.6) is 0 Å². The van der Waals surface area contributed by atoms with E-state index in [9.17, 15) is 0 Å². The van der Waals surface area contributed by atoms with E-state index >= 15 is 0 Å². The van der Waals surface area contributed by atoms with E-state index in [1.54, 1.807) is 0 Å². The van der Waals surface area contributed by atoms with Crippen LogP contribution in [0.3, 0.4) is 0 Å². The fraction of sp³-hybridized carbons (Fsp3) is 1.00. The van der Waals surface area contributed by atoms with Gasteiger partial charge in [0.05, 0.1) is 0 Å². The standard InChI is InChI=1S/C13H28N2S/c1-12(2,10-14)6-5-7-15-8-9-16-13(3,4)11-15/h5-11,14H2,1-4H3. The quantitative estimate of drug-likeness (QED) is 0.806. The summed E-state index contributed by atoms with van der Waals surface area (Å²) in [5.41, 5.74) is 6.07. The van der Waals surface area contributed by atoms with E-state index in [1.807, 2.05) is 0 Å². The van der Waals surface area contributed by atoms with E-state index in [1.165, 1.54) is 38.2 Å². The van der Waals surface area contributed by atoms with Gasteiger partial charge < -0.3 is 10.6 Å². The van der Waals surface area contributed by atoms with Gasteiger partial charge in [-0.15, -0.1) is 0 Å². The highest BCUT2D eigenvalue weighted by atomic mass is 32.2. The van der Waals surface area contributed by atoms with Gasteiger partial charge in [0.1, 0.15) is 0 Å². The van der Waals surface area contributed by atoms with Gasteiger partial charge in [-0.25, -0.2) is 0 Å².